The highest BCUT2D eigenvalue weighted by Crippen LogP contribution is 2.40. The van der Waals surface area contributed by atoms with Gasteiger partial charge in [-0.2, -0.15) is 0 Å². The van der Waals surface area contributed by atoms with E-state index in [1.165, 1.54) is 18.4 Å². The zero-order valence-corrected chi connectivity index (χ0v) is 14.2. The first-order valence-electron chi connectivity index (χ1n) is 8.75. The van der Waals surface area contributed by atoms with E-state index in [4.69, 9.17) is 0 Å². The molecule has 0 unspecified atom stereocenters. The molecular formula is C20H24N2O. The van der Waals surface area contributed by atoms with Gasteiger partial charge in [0, 0.05) is 17.5 Å². The molecular weight excluding hydrogens is 284 g/mol. The summed E-state index contributed by atoms with van der Waals surface area (Å²) in [6.07, 6.45) is 4.85. The van der Waals surface area contributed by atoms with Gasteiger partial charge in [0.2, 0.25) is 0 Å². The van der Waals surface area contributed by atoms with Crippen LogP contribution in [0.2, 0.25) is 0 Å². The lowest BCUT2D eigenvalue weighted by molar-refractivity contribution is 0.0653. The summed E-state index contributed by atoms with van der Waals surface area (Å²) in [6.45, 7) is 6.26. The minimum absolute atomic E-state index is 0.181. The molecule has 2 aromatic rings. The number of nitrogens with zero attached hydrogens (tertiary/aromatic N) is 2. The number of carbonyl (C=O) groups excluding carboxylic acids is 1. The average molecular weight is 308 g/mol. The Hall–Kier alpha value is -1.90. The van der Waals surface area contributed by atoms with Crippen LogP contribution in [-0.4, -0.2) is 27.9 Å². The van der Waals surface area contributed by atoms with E-state index in [0.29, 0.717) is 18.0 Å². The zero-order chi connectivity index (χ0) is 16.1. The highest BCUT2D eigenvalue weighted by atomic mass is 16.2. The van der Waals surface area contributed by atoms with Crippen molar-refractivity contribution in [3.8, 4) is 0 Å². The molecule has 0 saturated heterocycles. The molecule has 1 atom stereocenters. The molecule has 2 aliphatic carbocycles. The van der Waals surface area contributed by atoms with Gasteiger partial charge in [-0.3, -0.25) is 9.78 Å². The fourth-order valence-corrected chi connectivity index (χ4v) is 3.59. The van der Waals surface area contributed by atoms with Crippen molar-refractivity contribution in [2.45, 2.75) is 58.5 Å². The van der Waals surface area contributed by atoms with E-state index in [-0.39, 0.29) is 5.91 Å². The molecule has 2 saturated carbocycles. The van der Waals surface area contributed by atoms with Gasteiger partial charge in [0.1, 0.15) is 0 Å². The van der Waals surface area contributed by atoms with Crippen LogP contribution in [-0.2, 0) is 0 Å². The van der Waals surface area contributed by atoms with Crippen LogP contribution in [0.25, 0.3) is 10.9 Å². The van der Waals surface area contributed by atoms with E-state index in [2.05, 4.69) is 35.9 Å². The van der Waals surface area contributed by atoms with E-state index in [1.807, 2.05) is 19.1 Å². The van der Waals surface area contributed by atoms with Crippen LogP contribution in [0.1, 0.15) is 54.2 Å². The summed E-state index contributed by atoms with van der Waals surface area (Å²) in [5, 5.41) is 1.06. The Morgan fingerprint density at radius 2 is 1.91 bits per heavy atom. The number of hydrogen-bond donors (Lipinski definition) is 0. The molecule has 0 N–H and O–H groups in total. The van der Waals surface area contributed by atoms with Gasteiger partial charge in [-0.15, -0.1) is 0 Å². The third-order valence-electron chi connectivity index (χ3n) is 5.31. The van der Waals surface area contributed by atoms with Gasteiger partial charge in [0.25, 0.3) is 5.91 Å². The number of amides is 1. The summed E-state index contributed by atoms with van der Waals surface area (Å²) in [6, 6.07) is 9.08. The van der Waals surface area contributed by atoms with Gasteiger partial charge in [-0.05, 0) is 70.6 Å². The largest absolute Gasteiger partial charge is 0.333 e. The highest BCUT2D eigenvalue weighted by Gasteiger charge is 2.42. The molecule has 1 heterocycles. The van der Waals surface area contributed by atoms with Gasteiger partial charge in [-0.25, -0.2) is 0 Å². The summed E-state index contributed by atoms with van der Waals surface area (Å²) < 4.78 is 0. The minimum atomic E-state index is 0.181. The standard InChI is InChI=1S/C20H24N2O/c1-12-4-9-19-16(10-12)11-18(13(2)21-19)20(23)22(17-7-8-17)14(3)15-5-6-15/h4,9-11,14-15,17H,5-8H2,1-3H3/t14-/m1/s1. The number of benzene rings is 1. The molecule has 2 fully saturated rings. The fraction of sp³-hybridized carbons (Fsp3) is 0.500. The summed E-state index contributed by atoms with van der Waals surface area (Å²) in [7, 11) is 0. The quantitative estimate of drug-likeness (QED) is 0.845. The lowest BCUT2D eigenvalue weighted by Gasteiger charge is -2.30. The number of carbonyl (C=O) groups is 1. The first-order valence-corrected chi connectivity index (χ1v) is 8.75. The van der Waals surface area contributed by atoms with Crippen molar-refractivity contribution in [2.75, 3.05) is 0 Å². The van der Waals surface area contributed by atoms with E-state index in [9.17, 15) is 4.79 Å². The lowest BCUT2D eigenvalue weighted by Crippen LogP contribution is -2.42. The van der Waals surface area contributed by atoms with E-state index in [0.717, 1.165) is 35.0 Å². The molecule has 3 heteroatoms. The highest BCUT2D eigenvalue weighted by molar-refractivity contribution is 5.99. The molecule has 0 bridgehead atoms. The Kier molecular flexibility index (Phi) is 3.40. The fourth-order valence-electron chi connectivity index (χ4n) is 3.59. The van der Waals surface area contributed by atoms with Crippen LogP contribution in [0.3, 0.4) is 0 Å². The van der Waals surface area contributed by atoms with Crippen LogP contribution in [0.4, 0.5) is 0 Å². The zero-order valence-electron chi connectivity index (χ0n) is 14.2. The first-order chi connectivity index (χ1) is 11.0. The van der Waals surface area contributed by atoms with Gasteiger partial charge in [-0.1, -0.05) is 11.6 Å². The third kappa shape index (κ3) is 2.73. The Morgan fingerprint density at radius 3 is 2.57 bits per heavy atom. The molecule has 0 radical (unpaired) electrons. The normalized spacial score (nSPS) is 18.9. The van der Waals surface area contributed by atoms with Crippen molar-refractivity contribution in [3.05, 3.63) is 41.1 Å². The van der Waals surface area contributed by atoms with Crippen LogP contribution in [0.15, 0.2) is 24.3 Å². The molecule has 1 aromatic carbocycles. The summed E-state index contributed by atoms with van der Waals surface area (Å²) in [5.74, 6) is 0.885. The van der Waals surface area contributed by atoms with Crippen LogP contribution < -0.4 is 0 Å². The van der Waals surface area contributed by atoms with Crippen molar-refractivity contribution in [1.29, 1.82) is 0 Å². The predicted molar refractivity (Wildman–Crippen MR) is 92.6 cm³/mol. The van der Waals surface area contributed by atoms with Crippen LogP contribution in [0.5, 0.6) is 0 Å². The number of pyridine rings is 1. The van der Waals surface area contributed by atoms with Crippen molar-refractivity contribution in [2.24, 2.45) is 5.92 Å². The van der Waals surface area contributed by atoms with E-state index >= 15 is 0 Å². The van der Waals surface area contributed by atoms with Gasteiger partial charge < -0.3 is 4.90 Å². The summed E-state index contributed by atoms with van der Waals surface area (Å²) in [4.78, 5) is 20.1. The second-order valence-electron chi connectivity index (χ2n) is 7.34. The van der Waals surface area contributed by atoms with Gasteiger partial charge in [0.05, 0.1) is 16.8 Å². The number of hydrogen-bond acceptors (Lipinski definition) is 2. The molecule has 0 spiro atoms. The monoisotopic (exact) mass is 308 g/mol. The Labute approximate surface area is 137 Å². The maximum absolute atomic E-state index is 13.2. The molecule has 1 aromatic heterocycles. The van der Waals surface area contributed by atoms with Gasteiger partial charge >= 0.3 is 0 Å². The summed E-state index contributed by atoms with van der Waals surface area (Å²) in [5.41, 5.74) is 3.80. The molecule has 0 aliphatic heterocycles. The SMILES string of the molecule is Cc1ccc2nc(C)c(C(=O)N(C3CC3)[C@H](C)C3CC3)cc2c1. The third-order valence-corrected chi connectivity index (χ3v) is 5.31. The van der Waals surface area contributed by atoms with Crippen LogP contribution >= 0.6 is 0 Å². The maximum atomic E-state index is 13.2. The number of aryl methyl sites for hydroxylation is 2. The Bertz CT molecular complexity index is 775. The average Bonchev–Trinajstić information content (AvgIpc) is 3.38. The van der Waals surface area contributed by atoms with Crippen molar-refractivity contribution < 1.29 is 4.79 Å². The number of aromatic nitrogens is 1. The predicted octanol–water partition coefficient (Wildman–Crippen LogP) is 4.25. The second-order valence-corrected chi connectivity index (χ2v) is 7.34. The molecule has 4 rings (SSSR count). The molecule has 23 heavy (non-hydrogen) atoms. The lowest BCUT2D eigenvalue weighted by atomic mass is 10.0. The second kappa shape index (κ2) is 5.33. The van der Waals surface area contributed by atoms with E-state index in [1.54, 1.807) is 0 Å². The van der Waals surface area contributed by atoms with Crippen molar-refractivity contribution >= 4 is 16.8 Å². The molecule has 1 amide bonds. The Balaban J connectivity index is 1.73. The minimum Gasteiger partial charge on any atom is -0.333 e. The summed E-state index contributed by atoms with van der Waals surface area (Å²) >= 11 is 0. The maximum Gasteiger partial charge on any atom is 0.256 e. The Morgan fingerprint density at radius 1 is 1.17 bits per heavy atom. The topological polar surface area (TPSA) is 33.2 Å². The van der Waals surface area contributed by atoms with Crippen LogP contribution in [0, 0.1) is 19.8 Å². The number of rotatable bonds is 4. The van der Waals surface area contributed by atoms with Crippen molar-refractivity contribution in [3.63, 3.8) is 0 Å². The van der Waals surface area contributed by atoms with Gasteiger partial charge in [0.15, 0.2) is 0 Å². The molecule has 120 valence electrons. The first kappa shape index (κ1) is 14.7. The number of fused-ring (bicyclic) bond motifs is 1. The smallest absolute Gasteiger partial charge is 0.256 e. The molecule has 3 nitrogen and oxygen atoms in total. The molecule has 2 aliphatic rings. The van der Waals surface area contributed by atoms with Crippen molar-refractivity contribution in [1.82, 2.24) is 9.88 Å². The van der Waals surface area contributed by atoms with E-state index < -0.39 is 0 Å².